The van der Waals surface area contributed by atoms with Gasteiger partial charge in [0.15, 0.2) is 0 Å². The second kappa shape index (κ2) is 11.8. The van der Waals surface area contributed by atoms with Crippen LogP contribution in [-0.2, 0) is 6.42 Å². The summed E-state index contributed by atoms with van der Waals surface area (Å²) >= 11 is 0. The molecule has 0 saturated heterocycles. The molecule has 1 nitrogen and oxygen atoms in total. The first kappa shape index (κ1) is 19.6. The van der Waals surface area contributed by atoms with Gasteiger partial charge in [-0.15, -0.1) is 0 Å². The largest absolute Gasteiger partial charge is 0.497 e. The molecule has 0 aliphatic heterocycles. The predicted molar refractivity (Wildman–Crippen MR) is 113 cm³/mol. The van der Waals surface area contributed by atoms with Crippen LogP contribution in [0.5, 0.6) is 5.75 Å². The second-order valence-corrected chi connectivity index (χ2v) is 6.28. The zero-order chi connectivity index (χ0) is 18.5. The van der Waals surface area contributed by atoms with Gasteiger partial charge in [-0.05, 0) is 66.0 Å². The second-order valence-electron chi connectivity index (χ2n) is 6.28. The highest BCUT2D eigenvalue weighted by Crippen LogP contribution is 2.12. The Balaban J connectivity index is 1.79. The van der Waals surface area contributed by atoms with E-state index in [-0.39, 0.29) is 0 Å². The van der Waals surface area contributed by atoms with E-state index >= 15 is 0 Å². The molecule has 0 fully saturated rings. The van der Waals surface area contributed by atoms with Gasteiger partial charge in [-0.25, -0.2) is 0 Å². The topological polar surface area (TPSA) is 9.23 Å². The van der Waals surface area contributed by atoms with Gasteiger partial charge in [0.1, 0.15) is 5.75 Å². The van der Waals surface area contributed by atoms with E-state index in [9.17, 15) is 0 Å². The molecule has 2 aromatic rings. The Labute approximate surface area is 158 Å². The summed E-state index contributed by atoms with van der Waals surface area (Å²) in [5.74, 6) is 6.95. The molecule has 0 amide bonds. The van der Waals surface area contributed by atoms with Gasteiger partial charge < -0.3 is 4.74 Å². The molecular weight excluding hydrogens is 316 g/mol. The van der Waals surface area contributed by atoms with E-state index in [0.29, 0.717) is 0 Å². The number of aryl methyl sites for hydroxylation is 1. The summed E-state index contributed by atoms with van der Waals surface area (Å²) in [5, 5.41) is 0. The molecule has 0 atom stereocenters. The molecule has 0 unspecified atom stereocenters. The van der Waals surface area contributed by atoms with Crippen LogP contribution in [0.15, 0.2) is 60.7 Å². The van der Waals surface area contributed by atoms with Gasteiger partial charge in [0, 0.05) is 0 Å². The molecule has 26 heavy (non-hydrogen) atoms. The van der Waals surface area contributed by atoms with Gasteiger partial charge in [-0.1, -0.05) is 74.4 Å². The van der Waals surface area contributed by atoms with E-state index in [1.165, 1.54) is 43.2 Å². The van der Waals surface area contributed by atoms with E-state index in [1.54, 1.807) is 7.11 Å². The molecule has 0 saturated carbocycles. The third kappa shape index (κ3) is 7.45. The minimum Gasteiger partial charge on any atom is -0.497 e. The minimum atomic E-state index is 0.864. The summed E-state index contributed by atoms with van der Waals surface area (Å²) in [4.78, 5) is 0. The molecule has 0 aliphatic rings. The molecule has 0 spiro atoms. The van der Waals surface area contributed by atoms with Crippen LogP contribution in [0.25, 0.3) is 12.2 Å². The Hall–Kier alpha value is -2.72. The molecule has 2 rings (SSSR count). The maximum absolute atomic E-state index is 5.14. The van der Waals surface area contributed by atoms with Crippen LogP contribution in [0.2, 0.25) is 0 Å². The molecule has 1 heteroatoms. The van der Waals surface area contributed by atoms with Crippen molar-refractivity contribution in [1.82, 2.24) is 0 Å². The zero-order valence-electron chi connectivity index (χ0n) is 15.9. The first-order valence-electron chi connectivity index (χ1n) is 9.39. The fourth-order valence-electron chi connectivity index (χ4n) is 2.64. The number of methoxy groups -OCH3 is 1. The number of hydrogen-bond donors (Lipinski definition) is 0. The third-order valence-corrected chi connectivity index (χ3v) is 4.22. The smallest absolute Gasteiger partial charge is 0.118 e. The van der Waals surface area contributed by atoms with Crippen LogP contribution in [0.4, 0.5) is 0 Å². The van der Waals surface area contributed by atoms with Gasteiger partial charge >= 0.3 is 0 Å². The lowest BCUT2D eigenvalue weighted by atomic mass is 10.0. The summed E-state index contributed by atoms with van der Waals surface area (Å²) in [7, 11) is 1.67. The van der Waals surface area contributed by atoms with Crippen molar-refractivity contribution in [1.29, 1.82) is 0 Å². The van der Waals surface area contributed by atoms with Crippen molar-refractivity contribution in [3.05, 3.63) is 77.4 Å². The summed E-state index contributed by atoms with van der Waals surface area (Å²) in [6, 6.07) is 16.7. The van der Waals surface area contributed by atoms with Crippen LogP contribution >= 0.6 is 0 Å². The molecule has 134 valence electrons. The van der Waals surface area contributed by atoms with Crippen LogP contribution in [0.1, 0.15) is 49.3 Å². The van der Waals surface area contributed by atoms with Crippen molar-refractivity contribution in [3.8, 4) is 17.6 Å². The highest BCUT2D eigenvalue weighted by molar-refractivity contribution is 5.56. The molecule has 0 N–H and O–H groups in total. The van der Waals surface area contributed by atoms with E-state index < -0.39 is 0 Å². The molecule has 0 heterocycles. The Bertz CT molecular complexity index is 753. The lowest BCUT2D eigenvalue weighted by Crippen LogP contribution is -1.85. The lowest BCUT2D eigenvalue weighted by Gasteiger charge is -2.01. The minimum absolute atomic E-state index is 0.864. The molecule has 0 bridgehead atoms. The van der Waals surface area contributed by atoms with Crippen molar-refractivity contribution in [2.24, 2.45) is 0 Å². The highest BCUT2D eigenvalue weighted by Gasteiger charge is 1.93. The molecule has 2 aromatic carbocycles. The van der Waals surface area contributed by atoms with Gasteiger partial charge in [-0.2, -0.15) is 0 Å². The predicted octanol–water partition coefficient (Wildman–Crippen LogP) is 6.55. The van der Waals surface area contributed by atoms with Gasteiger partial charge in [0.05, 0.1) is 7.11 Å². The summed E-state index contributed by atoms with van der Waals surface area (Å²) in [6.07, 6.45) is 14.2. The SMILES string of the molecule is CCCCCCc1ccc(C=CC#CC=Cc2ccc(OC)cc2)cc1. The zero-order valence-corrected chi connectivity index (χ0v) is 15.9. The lowest BCUT2D eigenvalue weighted by molar-refractivity contribution is 0.415. The number of unbranched alkanes of at least 4 members (excludes halogenated alkanes) is 3. The fourth-order valence-corrected chi connectivity index (χ4v) is 2.64. The van der Waals surface area contributed by atoms with Crippen LogP contribution in [0.3, 0.4) is 0 Å². The van der Waals surface area contributed by atoms with Gasteiger partial charge in [0.25, 0.3) is 0 Å². The summed E-state index contributed by atoms with van der Waals surface area (Å²) in [5.41, 5.74) is 3.72. The van der Waals surface area contributed by atoms with Crippen molar-refractivity contribution in [2.45, 2.75) is 39.0 Å². The fraction of sp³-hybridized carbons (Fsp3) is 0.280. The van der Waals surface area contributed by atoms with Crippen molar-refractivity contribution in [3.63, 3.8) is 0 Å². The Kier molecular flexibility index (Phi) is 8.87. The van der Waals surface area contributed by atoms with Gasteiger partial charge in [-0.3, -0.25) is 0 Å². The average Bonchev–Trinajstić information content (AvgIpc) is 2.69. The summed E-state index contributed by atoms with van der Waals surface area (Å²) in [6.45, 7) is 2.25. The first-order valence-corrected chi connectivity index (χ1v) is 9.39. The van der Waals surface area contributed by atoms with E-state index in [2.05, 4.69) is 49.1 Å². The Morgan fingerprint density at radius 2 is 1.35 bits per heavy atom. The first-order chi connectivity index (χ1) is 12.8. The quantitative estimate of drug-likeness (QED) is 0.390. The Morgan fingerprint density at radius 1 is 0.769 bits per heavy atom. The van der Waals surface area contributed by atoms with Crippen molar-refractivity contribution >= 4 is 12.2 Å². The van der Waals surface area contributed by atoms with Crippen molar-refractivity contribution < 1.29 is 4.74 Å². The van der Waals surface area contributed by atoms with Crippen molar-refractivity contribution in [2.75, 3.05) is 7.11 Å². The van der Waals surface area contributed by atoms with Crippen LogP contribution < -0.4 is 4.74 Å². The highest BCUT2D eigenvalue weighted by atomic mass is 16.5. The normalized spacial score (nSPS) is 10.8. The average molecular weight is 344 g/mol. The van der Waals surface area contributed by atoms with Crippen LogP contribution in [0, 0.1) is 11.8 Å². The summed E-state index contributed by atoms with van der Waals surface area (Å²) < 4.78 is 5.14. The maximum Gasteiger partial charge on any atom is 0.118 e. The standard InChI is InChI=1S/C25H28O/c1-3-4-5-8-11-22-14-16-23(17-15-22)12-9-6-7-10-13-24-18-20-25(26-2)21-19-24/h9-10,12-21H,3-5,8,11H2,1-2H3. The molecule has 0 aromatic heterocycles. The number of benzene rings is 2. The van der Waals surface area contributed by atoms with Crippen LogP contribution in [-0.4, -0.2) is 7.11 Å². The monoisotopic (exact) mass is 344 g/mol. The number of hydrogen-bond acceptors (Lipinski definition) is 1. The van der Waals surface area contributed by atoms with E-state index in [0.717, 1.165) is 11.3 Å². The van der Waals surface area contributed by atoms with E-state index in [4.69, 9.17) is 4.74 Å². The molecule has 0 aliphatic carbocycles. The molecular formula is C25H28O. The number of allylic oxidation sites excluding steroid dienone is 2. The number of ether oxygens (including phenoxy) is 1. The Morgan fingerprint density at radius 3 is 1.88 bits per heavy atom. The number of rotatable bonds is 8. The maximum atomic E-state index is 5.14. The molecule has 0 radical (unpaired) electrons. The van der Waals surface area contributed by atoms with E-state index in [1.807, 2.05) is 42.5 Å². The van der Waals surface area contributed by atoms with Gasteiger partial charge in [0.2, 0.25) is 0 Å². The third-order valence-electron chi connectivity index (χ3n) is 4.22.